The summed E-state index contributed by atoms with van der Waals surface area (Å²) in [7, 11) is 0. The van der Waals surface area contributed by atoms with Crippen LogP contribution in [-0.4, -0.2) is 12.1 Å². The highest BCUT2D eigenvalue weighted by Gasteiger charge is 2.69. The van der Waals surface area contributed by atoms with Crippen molar-refractivity contribution >= 4 is 5.97 Å². The Labute approximate surface area is 210 Å². The van der Waals surface area contributed by atoms with E-state index < -0.39 is 0 Å². The van der Waals surface area contributed by atoms with Crippen LogP contribution in [0.4, 0.5) is 0 Å². The molecular formula is C32H52O2. The molecular weight excluding hydrogens is 416 g/mol. The zero-order chi connectivity index (χ0) is 24.9. The van der Waals surface area contributed by atoms with Crippen molar-refractivity contribution in [1.29, 1.82) is 0 Å². The monoisotopic (exact) mass is 468 g/mol. The number of carbonyl (C=O) groups is 1. The smallest absolute Gasteiger partial charge is 0.302 e. The van der Waals surface area contributed by atoms with Gasteiger partial charge in [-0.3, -0.25) is 4.79 Å². The number of hydrogen-bond donors (Lipinski definition) is 0. The van der Waals surface area contributed by atoms with E-state index in [0.717, 1.165) is 18.3 Å². The third kappa shape index (κ3) is 3.21. The SMILES string of the molecule is CC(=O)O[C@@H]1CC[C@@H]2C(=CC[C@@H]3[C@@]2(C)CC[C@@]2(C)[C@H]4CC(C)(C)CC[C@]4(C)CC[C@]32C)C1(C)C. The van der Waals surface area contributed by atoms with E-state index in [1.807, 2.05) is 0 Å². The van der Waals surface area contributed by atoms with Gasteiger partial charge in [-0.1, -0.05) is 67.0 Å². The average molecular weight is 469 g/mol. The molecule has 0 spiro atoms. The third-order valence-corrected chi connectivity index (χ3v) is 13.3. The predicted molar refractivity (Wildman–Crippen MR) is 140 cm³/mol. The number of fused-ring (bicyclic) bond motifs is 7. The van der Waals surface area contributed by atoms with Crippen molar-refractivity contribution in [2.75, 3.05) is 0 Å². The largest absolute Gasteiger partial charge is 0.462 e. The van der Waals surface area contributed by atoms with E-state index >= 15 is 0 Å². The molecule has 192 valence electrons. The van der Waals surface area contributed by atoms with Gasteiger partial charge in [-0.25, -0.2) is 0 Å². The minimum atomic E-state index is -0.126. The topological polar surface area (TPSA) is 26.3 Å². The molecule has 0 heterocycles. The van der Waals surface area contributed by atoms with Gasteiger partial charge in [0.2, 0.25) is 0 Å². The van der Waals surface area contributed by atoms with Gasteiger partial charge in [0.05, 0.1) is 0 Å². The Balaban J connectivity index is 1.52. The van der Waals surface area contributed by atoms with E-state index in [1.54, 1.807) is 12.5 Å². The quantitative estimate of drug-likeness (QED) is 0.284. The van der Waals surface area contributed by atoms with Crippen molar-refractivity contribution in [2.24, 2.45) is 50.2 Å². The van der Waals surface area contributed by atoms with Crippen molar-refractivity contribution < 1.29 is 9.53 Å². The molecule has 5 aliphatic rings. The third-order valence-electron chi connectivity index (χ3n) is 13.3. The average Bonchev–Trinajstić information content (AvgIpc) is 2.73. The summed E-state index contributed by atoms with van der Waals surface area (Å²) in [4.78, 5) is 11.8. The molecule has 0 aromatic carbocycles. The standard InChI is InChI=1S/C32H52O2/c1-21(33)34-26-13-11-23-22(28(26,4)5)10-12-24-30(23,7)17-19-32(9)25-20-27(2,3)14-15-29(25,6)16-18-31(24,32)8/h10,23-26H,11-20H2,1-9H3/t23-,24-,25+,26-,29-,30+,31-,32+/m1/s1. The Morgan fingerprint density at radius 3 is 2.12 bits per heavy atom. The van der Waals surface area contributed by atoms with Crippen LogP contribution in [0.3, 0.4) is 0 Å². The summed E-state index contributed by atoms with van der Waals surface area (Å²) in [5.41, 5.74) is 3.81. The highest BCUT2D eigenvalue weighted by Crippen LogP contribution is 2.77. The molecule has 0 bridgehead atoms. The summed E-state index contributed by atoms with van der Waals surface area (Å²) in [6.45, 7) is 22.1. The Morgan fingerprint density at radius 2 is 1.44 bits per heavy atom. The van der Waals surface area contributed by atoms with E-state index in [0.29, 0.717) is 33.0 Å². The Kier molecular flexibility index (Phi) is 5.40. The molecule has 0 aromatic rings. The van der Waals surface area contributed by atoms with Gasteiger partial charge in [0.1, 0.15) is 6.10 Å². The molecule has 34 heavy (non-hydrogen) atoms. The van der Waals surface area contributed by atoms with Gasteiger partial charge < -0.3 is 4.74 Å². The van der Waals surface area contributed by atoms with Gasteiger partial charge in [-0.05, 0) is 109 Å². The molecule has 0 amide bonds. The maximum Gasteiger partial charge on any atom is 0.302 e. The summed E-state index contributed by atoms with van der Waals surface area (Å²) >= 11 is 0. The number of carbonyl (C=O) groups excluding carboxylic acids is 1. The molecule has 4 fully saturated rings. The fourth-order valence-electron chi connectivity index (χ4n) is 10.8. The highest BCUT2D eigenvalue weighted by atomic mass is 16.5. The molecule has 0 aromatic heterocycles. The first kappa shape index (κ1) is 24.9. The molecule has 0 saturated heterocycles. The Bertz CT molecular complexity index is 897. The number of hydrogen-bond acceptors (Lipinski definition) is 2. The first-order valence-corrected chi connectivity index (χ1v) is 14.5. The number of esters is 1. The Morgan fingerprint density at radius 1 is 0.824 bits per heavy atom. The van der Waals surface area contributed by atoms with Crippen LogP contribution in [0.5, 0.6) is 0 Å². The van der Waals surface area contributed by atoms with Crippen LogP contribution in [0.15, 0.2) is 11.6 Å². The van der Waals surface area contributed by atoms with Crippen LogP contribution in [0, 0.1) is 50.2 Å². The molecule has 0 N–H and O–H groups in total. The fourth-order valence-corrected chi connectivity index (χ4v) is 10.8. The van der Waals surface area contributed by atoms with Gasteiger partial charge in [-0.2, -0.15) is 0 Å². The van der Waals surface area contributed by atoms with E-state index in [4.69, 9.17) is 4.74 Å². The van der Waals surface area contributed by atoms with Gasteiger partial charge in [0, 0.05) is 12.3 Å². The van der Waals surface area contributed by atoms with Crippen molar-refractivity contribution in [3.8, 4) is 0 Å². The summed E-state index contributed by atoms with van der Waals surface area (Å²) in [5.74, 6) is 2.14. The van der Waals surface area contributed by atoms with Crippen LogP contribution in [0.1, 0.15) is 127 Å². The second kappa shape index (κ2) is 7.38. The van der Waals surface area contributed by atoms with Crippen LogP contribution in [0.25, 0.3) is 0 Å². The van der Waals surface area contributed by atoms with Gasteiger partial charge in [0.15, 0.2) is 0 Å². The summed E-state index contributed by atoms with van der Waals surface area (Å²) in [6.07, 6.45) is 15.9. The zero-order valence-electron chi connectivity index (χ0n) is 23.8. The lowest BCUT2D eigenvalue weighted by molar-refractivity contribution is -0.231. The molecule has 2 heteroatoms. The normalized spacial score (nSPS) is 51.1. The minimum Gasteiger partial charge on any atom is -0.462 e. The second-order valence-corrected chi connectivity index (χ2v) is 15.8. The molecule has 0 unspecified atom stereocenters. The van der Waals surface area contributed by atoms with Crippen LogP contribution in [-0.2, 0) is 9.53 Å². The van der Waals surface area contributed by atoms with E-state index in [2.05, 4.69) is 61.5 Å². The first-order valence-electron chi connectivity index (χ1n) is 14.5. The minimum absolute atomic E-state index is 0.0250. The Hall–Kier alpha value is -0.790. The van der Waals surface area contributed by atoms with Crippen molar-refractivity contribution in [2.45, 2.75) is 133 Å². The number of allylic oxidation sites excluding steroid dienone is 1. The van der Waals surface area contributed by atoms with Gasteiger partial charge >= 0.3 is 5.97 Å². The maximum absolute atomic E-state index is 11.8. The van der Waals surface area contributed by atoms with Crippen molar-refractivity contribution in [3.63, 3.8) is 0 Å². The molecule has 0 aliphatic heterocycles. The van der Waals surface area contributed by atoms with Crippen LogP contribution >= 0.6 is 0 Å². The molecule has 0 radical (unpaired) electrons. The molecule has 5 rings (SSSR count). The fraction of sp³-hybridized carbons (Fsp3) is 0.906. The summed E-state index contributed by atoms with van der Waals surface area (Å²) < 4.78 is 5.86. The van der Waals surface area contributed by atoms with E-state index in [9.17, 15) is 4.79 Å². The molecule has 2 nitrogen and oxygen atoms in total. The van der Waals surface area contributed by atoms with E-state index in [1.165, 1.54) is 57.8 Å². The van der Waals surface area contributed by atoms with Crippen LogP contribution < -0.4 is 0 Å². The highest BCUT2D eigenvalue weighted by molar-refractivity contribution is 5.66. The zero-order valence-corrected chi connectivity index (χ0v) is 23.8. The summed E-state index contributed by atoms with van der Waals surface area (Å²) in [5, 5.41) is 0. The lowest BCUT2D eigenvalue weighted by atomic mass is 9.31. The predicted octanol–water partition coefficient (Wildman–Crippen LogP) is 8.74. The number of rotatable bonds is 1. The van der Waals surface area contributed by atoms with E-state index in [-0.39, 0.29) is 17.5 Å². The van der Waals surface area contributed by atoms with Crippen LogP contribution in [0.2, 0.25) is 0 Å². The van der Waals surface area contributed by atoms with Gasteiger partial charge in [-0.15, -0.1) is 0 Å². The lowest BCUT2D eigenvalue weighted by Crippen LogP contribution is -2.65. The summed E-state index contributed by atoms with van der Waals surface area (Å²) in [6, 6.07) is 0. The second-order valence-electron chi connectivity index (χ2n) is 15.8. The molecule has 4 saturated carbocycles. The number of ether oxygens (including phenoxy) is 1. The van der Waals surface area contributed by atoms with Crippen molar-refractivity contribution in [1.82, 2.24) is 0 Å². The van der Waals surface area contributed by atoms with Gasteiger partial charge in [0.25, 0.3) is 0 Å². The first-order chi connectivity index (χ1) is 15.6. The molecule has 8 atom stereocenters. The molecule has 5 aliphatic carbocycles. The maximum atomic E-state index is 11.8. The van der Waals surface area contributed by atoms with Crippen molar-refractivity contribution in [3.05, 3.63) is 11.6 Å². The lowest BCUT2D eigenvalue weighted by Gasteiger charge is -2.73.